The number of nitrogens with one attached hydrogen (secondary N) is 1. The molecule has 0 spiro atoms. The summed E-state index contributed by atoms with van der Waals surface area (Å²) in [6.07, 6.45) is 10.3. The van der Waals surface area contributed by atoms with Crippen molar-refractivity contribution in [3.63, 3.8) is 0 Å². The van der Waals surface area contributed by atoms with E-state index in [1.165, 1.54) is 48.5 Å². The molecule has 0 aromatic carbocycles. The molecule has 0 amide bonds. The fraction of sp³-hybridized carbons (Fsp3) is 0.786. The number of rotatable bonds is 5. The van der Waals surface area contributed by atoms with Gasteiger partial charge < -0.3 is 10.2 Å². The van der Waals surface area contributed by atoms with Gasteiger partial charge in [-0.1, -0.05) is 32.6 Å². The molecule has 1 aliphatic rings. The Hall–Kier alpha value is -0.610. The zero-order valence-corrected chi connectivity index (χ0v) is 12.4. The summed E-state index contributed by atoms with van der Waals surface area (Å²) in [5.74, 6) is 0. The molecule has 1 heterocycles. The molecule has 0 unspecified atom stereocenters. The molecule has 1 aliphatic carbocycles. The van der Waals surface area contributed by atoms with Crippen molar-refractivity contribution < 1.29 is 0 Å². The average Bonchev–Trinajstić information content (AvgIpc) is 2.69. The van der Waals surface area contributed by atoms with Crippen molar-refractivity contribution in [3.05, 3.63) is 11.1 Å². The van der Waals surface area contributed by atoms with Gasteiger partial charge >= 0.3 is 0 Å². The van der Waals surface area contributed by atoms with Gasteiger partial charge in [0.25, 0.3) is 0 Å². The van der Waals surface area contributed by atoms with Crippen molar-refractivity contribution in [2.75, 3.05) is 18.5 Å². The highest BCUT2D eigenvalue weighted by atomic mass is 32.1. The van der Waals surface area contributed by atoms with Gasteiger partial charge in [0.05, 0.1) is 0 Å². The van der Waals surface area contributed by atoms with Crippen molar-refractivity contribution in [1.82, 2.24) is 10.3 Å². The molecule has 1 saturated carbocycles. The highest BCUT2D eigenvalue weighted by Gasteiger charge is 2.19. The number of anilines is 1. The molecule has 4 heteroatoms. The Labute approximate surface area is 115 Å². The Morgan fingerprint density at radius 2 is 2.06 bits per heavy atom. The minimum atomic E-state index is 0.700. The Balaban J connectivity index is 1.94. The van der Waals surface area contributed by atoms with Crippen molar-refractivity contribution in [3.8, 4) is 0 Å². The van der Waals surface area contributed by atoms with Gasteiger partial charge in [-0.05, 0) is 19.4 Å². The third-order valence-electron chi connectivity index (χ3n) is 3.76. The van der Waals surface area contributed by atoms with Crippen LogP contribution in [0.3, 0.4) is 0 Å². The van der Waals surface area contributed by atoms with Crippen LogP contribution in [0.1, 0.15) is 50.3 Å². The predicted octanol–water partition coefficient (Wildman–Crippen LogP) is 3.41. The summed E-state index contributed by atoms with van der Waals surface area (Å²) in [7, 11) is 2.21. The van der Waals surface area contributed by atoms with E-state index in [9.17, 15) is 0 Å². The second-order valence-corrected chi connectivity index (χ2v) is 6.24. The van der Waals surface area contributed by atoms with E-state index >= 15 is 0 Å². The van der Waals surface area contributed by atoms with E-state index in [4.69, 9.17) is 0 Å². The molecule has 1 aromatic heterocycles. The van der Waals surface area contributed by atoms with Gasteiger partial charge in [0.2, 0.25) is 0 Å². The predicted molar refractivity (Wildman–Crippen MR) is 79.4 cm³/mol. The lowest BCUT2D eigenvalue weighted by Crippen LogP contribution is -2.30. The number of aromatic nitrogens is 1. The molecule has 0 saturated heterocycles. The molecule has 1 fully saturated rings. The van der Waals surface area contributed by atoms with Gasteiger partial charge in [0.15, 0.2) is 5.13 Å². The largest absolute Gasteiger partial charge is 0.348 e. The molecule has 0 aliphatic heterocycles. The Morgan fingerprint density at radius 3 is 2.72 bits per heavy atom. The van der Waals surface area contributed by atoms with E-state index in [-0.39, 0.29) is 0 Å². The van der Waals surface area contributed by atoms with Crippen LogP contribution in [0.5, 0.6) is 0 Å². The van der Waals surface area contributed by atoms with Crippen LogP contribution in [-0.4, -0.2) is 24.6 Å². The topological polar surface area (TPSA) is 28.2 Å². The summed E-state index contributed by atoms with van der Waals surface area (Å²) in [6, 6.07) is 0.700. The summed E-state index contributed by atoms with van der Waals surface area (Å²) in [5, 5.41) is 4.55. The molecule has 1 aromatic rings. The maximum atomic E-state index is 4.58. The minimum Gasteiger partial charge on any atom is -0.348 e. The van der Waals surface area contributed by atoms with Gasteiger partial charge in [-0.15, -0.1) is 11.3 Å². The fourth-order valence-corrected chi connectivity index (χ4v) is 3.50. The first-order valence-corrected chi connectivity index (χ1v) is 8.01. The third-order valence-corrected chi connectivity index (χ3v) is 4.85. The van der Waals surface area contributed by atoms with Gasteiger partial charge in [0.1, 0.15) is 0 Å². The van der Waals surface area contributed by atoms with E-state index in [1.54, 1.807) is 0 Å². The number of nitrogens with zero attached hydrogens (tertiary/aromatic N) is 2. The maximum absolute atomic E-state index is 4.58. The number of thiazole rings is 1. The summed E-state index contributed by atoms with van der Waals surface area (Å²) in [6.45, 7) is 4.11. The smallest absolute Gasteiger partial charge is 0.185 e. The number of hydrogen-bond donors (Lipinski definition) is 1. The van der Waals surface area contributed by atoms with Gasteiger partial charge in [-0.2, -0.15) is 0 Å². The molecular weight excluding hydrogens is 242 g/mol. The van der Waals surface area contributed by atoms with Crippen LogP contribution in [0, 0.1) is 0 Å². The monoisotopic (exact) mass is 267 g/mol. The van der Waals surface area contributed by atoms with Gasteiger partial charge in [-0.25, -0.2) is 4.98 Å². The zero-order chi connectivity index (χ0) is 12.8. The SMILES string of the molecule is CCNCc1cnc(N(C)C2CCCCCC2)s1. The second-order valence-electron chi connectivity index (χ2n) is 5.15. The second kappa shape index (κ2) is 7.10. The van der Waals surface area contributed by atoms with Crippen molar-refractivity contribution in [2.24, 2.45) is 0 Å². The molecule has 102 valence electrons. The molecule has 2 rings (SSSR count). The first kappa shape index (κ1) is 13.8. The van der Waals surface area contributed by atoms with E-state index in [1.807, 2.05) is 17.5 Å². The lowest BCUT2D eigenvalue weighted by Gasteiger charge is -2.26. The van der Waals surface area contributed by atoms with Crippen molar-refractivity contribution in [2.45, 2.75) is 58.0 Å². The first-order valence-electron chi connectivity index (χ1n) is 7.19. The van der Waals surface area contributed by atoms with Crippen LogP contribution in [0.25, 0.3) is 0 Å². The molecule has 1 N–H and O–H groups in total. The Morgan fingerprint density at radius 1 is 1.33 bits per heavy atom. The minimum absolute atomic E-state index is 0.700. The standard InChI is InChI=1S/C14H25N3S/c1-3-15-10-13-11-16-14(18-13)17(2)12-8-6-4-5-7-9-12/h11-12,15H,3-10H2,1-2H3. The van der Waals surface area contributed by atoms with Crippen molar-refractivity contribution in [1.29, 1.82) is 0 Å². The van der Waals surface area contributed by atoms with Gasteiger partial charge in [0, 0.05) is 30.7 Å². The quantitative estimate of drug-likeness (QED) is 0.829. The zero-order valence-electron chi connectivity index (χ0n) is 11.6. The van der Waals surface area contributed by atoms with E-state index in [0.717, 1.165) is 13.1 Å². The van der Waals surface area contributed by atoms with Crippen LogP contribution in [0.2, 0.25) is 0 Å². The van der Waals surface area contributed by atoms with Crippen molar-refractivity contribution >= 4 is 16.5 Å². The van der Waals surface area contributed by atoms with Crippen LogP contribution in [0.4, 0.5) is 5.13 Å². The van der Waals surface area contributed by atoms with E-state index in [2.05, 4.69) is 29.2 Å². The summed E-state index contributed by atoms with van der Waals surface area (Å²) >= 11 is 1.83. The first-order chi connectivity index (χ1) is 8.81. The molecule has 3 nitrogen and oxygen atoms in total. The Kier molecular flexibility index (Phi) is 5.45. The molecule has 0 radical (unpaired) electrons. The van der Waals surface area contributed by atoms with Crippen LogP contribution >= 0.6 is 11.3 Å². The van der Waals surface area contributed by atoms with Crippen LogP contribution in [-0.2, 0) is 6.54 Å². The summed E-state index contributed by atoms with van der Waals surface area (Å²) < 4.78 is 0. The van der Waals surface area contributed by atoms with E-state index < -0.39 is 0 Å². The van der Waals surface area contributed by atoms with Crippen LogP contribution < -0.4 is 10.2 Å². The maximum Gasteiger partial charge on any atom is 0.185 e. The molecule has 18 heavy (non-hydrogen) atoms. The van der Waals surface area contributed by atoms with E-state index in [0.29, 0.717) is 6.04 Å². The average molecular weight is 267 g/mol. The lowest BCUT2D eigenvalue weighted by atomic mass is 10.1. The molecular formula is C14H25N3S. The lowest BCUT2D eigenvalue weighted by molar-refractivity contribution is 0.552. The van der Waals surface area contributed by atoms with Crippen LogP contribution in [0.15, 0.2) is 6.20 Å². The van der Waals surface area contributed by atoms with Gasteiger partial charge in [-0.3, -0.25) is 0 Å². The normalized spacial score (nSPS) is 17.7. The molecule has 0 bridgehead atoms. The third kappa shape index (κ3) is 3.69. The fourth-order valence-electron chi connectivity index (χ4n) is 2.59. The highest BCUT2D eigenvalue weighted by Crippen LogP contribution is 2.28. The Bertz CT molecular complexity index is 343. The summed E-state index contributed by atoms with van der Waals surface area (Å²) in [4.78, 5) is 8.33. The summed E-state index contributed by atoms with van der Waals surface area (Å²) in [5.41, 5.74) is 0. The number of hydrogen-bond acceptors (Lipinski definition) is 4. The molecule has 0 atom stereocenters. The highest BCUT2D eigenvalue weighted by molar-refractivity contribution is 7.15.